The third-order valence-corrected chi connectivity index (χ3v) is 5.30. The van der Waals surface area contributed by atoms with Gasteiger partial charge in [-0.3, -0.25) is 4.79 Å². The molecule has 3 rings (SSSR count). The predicted octanol–water partition coefficient (Wildman–Crippen LogP) is 3.72. The van der Waals surface area contributed by atoms with Crippen LogP contribution in [0.2, 0.25) is 0 Å². The number of aromatic amines is 1. The van der Waals surface area contributed by atoms with Crippen molar-refractivity contribution >= 4 is 11.7 Å². The highest BCUT2D eigenvalue weighted by Crippen LogP contribution is 2.26. The van der Waals surface area contributed by atoms with Gasteiger partial charge in [-0.2, -0.15) is 0 Å². The minimum absolute atomic E-state index is 0.185. The van der Waals surface area contributed by atoms with E-state index in [9.17, 15) is 9.59 Å². The zero-order valence-corrected chi connectivity index (χ0v) is 17.2. The molecular weight excluding hydrogens is 368 g/mol. The predicted molar refractivity (Wildman–Crippen MR) is 114 cm³/mol. The van der Waals surface area contributed by atoms with Crippen molar-refractivity contribution in [2.24, 2.45) is 5.92 Å². The monoisotopic (exact) mass is 398 g/mol. The second kappa shape index (κ2) is 10.2. The Kier molecular flexibility index (Phi) is 7.41. The van der Waals surface area contributed by atoms with Crippen molar-refractivity contribution in [1.82, 2.24) is 15.3 Å². The fraction of sp³-hybridized carbons (Fsp3) is 0.500. The highest BCUT2D eigenvalue weighted by Gasteiger charge is 2.21. The van der Waals surface area contributed by atoms with E-state index in [1.165, 1.54) is 25.3 Å². The zero-order valence-electron chi connectivity index (χ0n) is 17.2. The Morgan fingerprint density at radius 1 is 1.28 bits per heavy atom. The number of benzene rings is 1. The SMILES string of the molecule is CCc1cc(=O)[nH]c(-c2cccc(NC(=O)NCCO[C@H]3CCCC[C@H]3C)c2)n1. The first-order valence-corrected chi connectivity index (χ1v) is 10.4. The molecule has 0 bridgehead atoms. The first-order valence-electron chi connectivity index (χ1n) is 10.4. The van der Waals surface area contributed by atoms with Gasteiger partial charge in [-0.15, -0.1) is 0 Å². The molecule has 1 aromatic heterocycles. The average Bonchev–Trinajstić information content (AvgIpc) is 2.72. The summed E-state index contributed by atoms with van der Waals surface area (Å²) in [6.45, 7) is 5.15. The van der Waals surface area contributed by atoms with Gasteiger partial charge >= 0.3 is 6.03 Å². The van der Waals surface area contributed by atoms with Gasteiger partial charge in [-0.05, 0) is 37.3 Å². The van der Waals surface area contributed by atoms with Crippen molar-refractivity contribution < 1.29 is 9.53 Å². The molecule has 1 aliphatic carbocycles. The Morgan fingerprint density at radius 2 is 2.10 bits per heavy atom. The van der Waals surface area contributed by atoms with Gasteiger partial charge in [0.25, 0.3) is 5.56 Å². The lowest BCUT2D eigenvalue weighted by Gasteiger charge is -2.28. The van der Waals surface area contributed by atoms with E-state index < -0.39 is 0 Å². The van der Waals surface area contributed by atoms with E-state index in [2.05, 4.69) is 27.5 Å². The number of amides is 2. The Hall–Kier alpha value is -2.67. The van der Waals surface area contributed by atoms with E-state index in [-0.39, 0.29) is 11.6 Å². The smallest absolute Gasteiger partial charge is 0.319 e. The molecule has 1 saturated carbocycles. The number of anilines is 1. The summed E-state index contributed by atoms with van der Waals surface area (Å²) in [4.78, 5) is 31.2. The van der Waals surface area contributed by atoms with Crippen LogP contribution in [0, 0.1) is 5.92 Å². The highest BCUT2D eigenvalue weighted by molar-refractivity contribution is 5.89. The zero-order chi connectivity index (χ0) is 20.6. The number of rotatable bonds is 7. The molecule has 29 heavy (non-hydrogen) atoms. The van der Waals surface area contributed by atoms with Gasteiger partial charge in [0.2, 0.25) is 0 Å². The van der Waals surface area contributed by atoms with Crippen molar-refractivity contribution in [3.63, 3.8) is 0 Å². The Labute approximate surface area is 171 Å². The van der Waals surface area contributed by atoms with Crippen LogP contribution in [-0.2, 0) is 11.2 Å². The molecule has 2 atom stereocenters. The summed E-state index contributed by atoms with van der Waals surface area (Å²) in [6, 6.07) is 8.46. The Balaban J connectivity index is 1.51. The molecule has 7 nitrogen and oxygen atoms in total. The van der Waals surface area contributed by atoms with Crippen LogP contribution >= 0.6 is 0 Å². The third kappa shape index (κ3) is 6.15. The van der Waals surface area contributed by atoms with Crippen molar-refractivity contribution in [1.29, 1.82) is 0 Å². The second-order valence-corrected chi connectivity index (χ2v) is 7.57. The molecule has 7 heteroatoms. The van der Waals surface area contributed by atoms with Crippen LogP contribution in [0.3, 0.4) is 0 Å². The normalized spacial score (nSPS) is 19.0. The highest BCUT2D eigenvalue weighted by atomic mass is 16.5. The van der Waals surface area contributed by atoms with E-state index in [4.69, 9.17) is 4.74 Å². The number of hydrogen-bond donors (Lipinski definition) is 3. The van der Waals surface area contributed by atoms with Crippen molar-refractivity contribution in [2.45, 2.75) is 52.1 Å². The summed E-state index contributed by atoms with van der Waals surface area (Å²) in [7, 11) is 0. The molecule has 3 N–H and O–H groups in total. The van der Waals surface area contributed by atoms with Gasteiger partial charge in [-0.25, -0.2) is 9.78 Å². The van der Waals surface area contributed by atoms with E-state index >= 15 is 0 Å². The van der Waals surface area contributed by atoms with E-state index in [0.717, 1.165) is 17.7 Å². The second-order valence-electron chi connectivity index (χ2n) is 7.57. The maximum atomic E-state index is 12.2. The summed E-state index contributed by atoms with van der Waals surface area (Å²) in [6.07, 6.45) is 5.82. The molecule has 1 aliphatic rings. The van der Waals surface area contributed by atoms with Gasteiger partial charge in [0, 0.05) is 29.6 Å². The molecule has 1 heterocycles. The standard InChI is InChI=1S/C22H30N4O3/c1-3-17-14-20(27)26-21(24-17)16-8-6-9-18(13-16)25-22(28)23-11-12-29-19-10-5-4-7-15(19)2/h6,8-9,13-15,19H,3-5,7,10-12H2,1-2H3,(H2,23,25,28)(H,24,26,27)/t15-,19+/m1/s1. The number of carbonyl (C=O) groups excluding carboxylic acids is 1. The number of hydrogen-bond acceptors (Lipinski definition) is 4. The molecule has 2 aromatic rings. The minimum atomic E-state index is -0.286. The van der Waals surface area contributed by atoms with Crippen LogP contribution < -0.4 is 16.2 Å². The number of ether oxygens (including phenoxy) is 1. The number of nitrogens with one attached hydrogen (secondary N) is 3. The fourth-order valence-corrected chi connectivity index (χ4v) is 3.65. The van der Waals surface area contributed by atoms with E-state index in [1.807, 2.05) is 19.1 Å². The summed E-state index contributed by atoms with van der Waals surface area (Å²) in [5.74, 6) is 1.08. The van der Waals surface area contributed by atoms with Crippen LogP contribution in [0.15, 0.2) is 35.1 Å². The van der Waals surface area contributed by atoms with Gasteiger partial charge < -0.3 is 20.4 Å². The maximum absolute atomic E-state index is 12.2. The lowest BCUT2D eigenvalue weighted by Crippen LogP contribution is -2.34. The summed E-state index contributed by atoms with van der Waals surface area (Å²) < 4.78 is 5.92. The first kappa shape index (κ1) is 21.0. The molecule has 1 aromatic carbocycles. The molecular formula is C22H30N4O3. The van der Waals surface area contributed by atoms with Gasteiger partial charge in [-0.1, -0.05) is 38.8 Å². The molecule has 0 saturated heterocycles. The largest absolute Gasteiger partial charge is 0.376 e. The number of nitrogens with zero attached hydrogens (tertiary/aromatic N) is 1. The molecule has 2 amide bonds. The molecule has 0 radical (unpaired) electrons. The number of aryl methyl sites for hydroxylation is 1. The van der Waals surface area contributed by atoms with Crippen molar-refractivity contribution in [3.05, 3.63) is 46.4 Å². The quantitative estimate of drug-likeness (QED) is 0.620. The minimum Gasteiger partial charge on any atom is -0.376 e. The van der Waals surface area contributed by atoms with Crippen molar-refractivity contribution in [3.8, 4) is 11.4 Å². The molecule has 156 valence electrons. The molecule has 0 aliphatic heterocycles. The Morgan fingerprint density at radius 3 is 2.90 bits per heavy atom. The van der Waals surface area contributed by atoms with Crippen LogP contribution in [-0.4, -0.2) is 35.3 Å². The number of aromatic nitrogens is 2. The maximum Gasteiger partial charge on any atom is 0.319 e. The summed E-state index contributed by atoms with van der Waals surface area (Å²) in [5.41, 5.74) is 1.92. The van der Waals surface area contributed by atoms with Crippen LogP contribution in [0.5, 0.6) is 0 Å². The van der Waals surface area contributed by atoms with Crippen LogP contribution in [0.4, 0.5) is 10.5 Å². The fourth-order valence-electron chi connectivity index (χ4n) is 3.65. The molecule has 1 fully saturated rings. The lowest BCUT2D eigenvalue weighted by atomic mass is 9.88. The summed E-state index contributed by atoms with van der Waals surface area (Å²) >= 11 is 0. The number of carbonyl (C=O) groups is 1. The number of urea groups is 1. The molecule has 0 unspecified atom stereocenters. The lowest BCUT2D eigenvalue weighted by molar-refractivity contribution is -0.00232. The van der Waals surface area contributed by atoms with Gasteiger partial charge in [0.15, 0.2) is 0 Å². The van der Waals surface area contributed by atoms with Crippen LogP contribution in [0.1, 0.15) is 45.2 Å². The topological polar surface area (TPSA) is 96.1 Å². The van der Waals surface area contributed by atoms with Gasteiger partial charge in [0.1, 0.15) is 5.82 Å². The van der Waals surface area contributed by atoms with Crippen LogP contribution in [0.25, 0.3) is 11.4 Å². The molecule has 0 spiro atoms. The van der Waals surface area contributed by atoms with E-state index in [0.29, 0.717) is 43.1 Å². The van der Waals surface area contributed by atoms with Gasteiger partial charge in [0.05, 0.1) is 12.7 Å². The average molecular weight is 399 g/mol. The summed E-state index contributed by atoms with van der Waals surface area (Å²) in [5, 5.41) is 5.64. The van der Waals surface area contributed by atoms with Crippen molar-refractivity contribution in [2.75, 3.05) is 18.5 Å². The third-order valence-electron chi connectivity index (χ3n) is 5.30. The number of H-pyrrole nitrogens is 1. The van der Waals surface area contributed by atoms with E-state index in [1.54, 1.807) is 12.1 Å². The Bertz CT molecular complexity index is 880. The first-order chi connectivity index (χ1) is 14.0.